The molecule has 0 unspecified atom stereocenters. The monoisotopic (exact) mass is 311 g/mol. The molecule has 2 aromatic rings. The van der Waals surface area contributed by atoms with Gasteiger partial charge in [-0.3, -0.25) is 14.9 Å². The number of hydrogen-bond acceptors (Lipinski definition) is 4. The number of hydrogen-bond donors (Lipinski definition) is 0. The number of nitro benzene ring substituents is 1. The Morgan fingerprint density at radius 1 is 1.17 bits per heavy atom. The summed E-state index contributed by atoms with van der Waals surface area (Å²) in [6.45, 7) is 1.57. The summed E-state index contributed by atoms with van der Waals surface area (Å²) in [7, 11) is 0. The molecule has 0 atom stereocenters. The number of nitro groups is 1. The highest BCUT2D eigenvalue weighted by molar-refractivity contribution is 5.97. The summed E-state index contributed by atoms with van der Waals surface area (Å²) in [5.74, 6) is 0.373. The van der Waals surface area contributed by atoms with Crippen molar-refractivity contribution < 1.29 is 14.5 Å². The standard InChI is InChI=1S/C18H17NO4/c1-12-9-16(7-8-17(12)19(21)22)23-11-18(20)15-6-5-13-3-2-4-14(13)10-15/h5-10H,2-4,11H2,1H3. The molecule has 0 aliphatic heterocycles. The van der Waals surface area contributed by atoms with Crippen molar-refractivity contribution in [3.63, 3.8) is 0 Å². The summed E-state index contributed by atoms with van der Waals surface area (Å²) in [4.78, 5) is 22.6. The number of Topliss-reactive ketones (excluding diaryl/α,β-unsaturated/α-hetero) is 1. The van der Waals surface area contributed by atoms with E-state index >= 15 is 0 Å². The quantitative estimate of drug-likeness (QED) is 0.480. The summed E-state index contributed by atoms with van der Waals surface area (Å²) in [6.07, 6.45) is 3.26. The van der Waals surface area contributed by atoms with E-state index in [0.29, 0.717) is 16.9 Å². The lowest BCUT2D eigenvalue weighted by Gasteiger charge is -2.08. The molecule has 5 heteroatoms. The maximum atomic E-state index is 12.2. The summed E-state index contributed by atoms with van der Waals surface area (Å²) >= 11 is 0. The Morgan fingerprint density at radius 3 is 2.70 bits per heavy atom. The highest BCUT2D eigenvalue weighted by Gasteiger charge is 2.15. The molecule has 1 aliphatic rings. The van der Waals surface area contributed by atoms with Gasteiger partial charge in [0, 0.05) is 17.2 Å². The Hall–Kier alpha value is -2.69. The van der Waals surface area contributed by atoms with Crippen LogP contribution in [0.3, 0.4) is 0 Å². The van der Waals surface area contributed by atoms with Gasteiger partial charge in [0.05, 0.1) is 4.92 Å². The second-order valence-electron chi connectivity index (χ2n) is 5.75. The van der Waals surface area contributed by atoms with Crippen LogP contribution >= 0.6 is 0 Å². The third kappa shape index (κ3) is 3.23. The van der Waals surface area contributed by atoms with Gasteiger partial charge < -0.3 is 4.74 Å². The molecule has 118 valence electrons. The normalized spacial score (nSPS) is 12.7. The third-order valence-corrected chi connectivity index (χ3v) is 4.16. The molecule has 23 heavy (non-hydrogen) atoms. The molecule has 3 rings (SSSR count). The van der Waals surface area contributed by atoms with Crippen molar-refractivity contribution >= 4 is 11.5 Å². The van der Waals surface area contributed by atoms with E-state index in [2.05, 4.69) is 0 Å². The fourth-order valence-electron chi connectivity index (χ4n) is 2.90. The lowest BCUT2D eigenvalue weighted by molar-refractivity contribution is -0.385. The fourth-order valence-corrected chi connectivity index (χ4v) is 2.90. The molecule has 0 N–H and O–H groups in total. The van der Waals surface area contributed by atoms with Gasteiger partial charge in [0.25, 0.3) is 5.69 Å². The maximum absolute atomic E-state index is 12.2. The summed E-state index contributed by atoms with van der Waals surface area (Å²) in [6, 6.07) is 10.3. The first-order chi connectivity index (χ1) is 11.0. The minimum absolute atomic E-state index is 0.0438. The van der Waals surface area contributed by atoms with E-state index in [1.165, 1.54) is 23.3 Å². The number of rotatable bonds is 5. The van der Waals surface area contributed by atoms with Crippen LogP contribution in [-0.2, 0) is 12.8 Å². The Morgan fingerprint density at radius 2 is 1.96 bits per heavy atom. The first-order valence-corrected chi connectivity index (χ1v) is 7.57. The molecule has 0 saturated carbocycles. The lowest BCUT2D eigenvalue weighted by Crippen LogP contribution is -2.12. The molecule has 5 nitrogen and oxygen atoms in total. The zero-order valence-electron chi connectivity index (χ0n) is 12.9. The van der Waals surface area contributed by atoms with E-state index in [0.717, 1.165) is 19.3 Å². The number of ether oxygens (including phenoxy) is 1. The van der Waals surface area contributed by atoms with Crippen LogP contribution in [0.25, 0.3) is 0 Å². The molecule has 0 bridgehead atoms. The van der Waals surface area contributed by atoms with Gasteiger partial charge in [-0.25, -0.2) is 0 Å². The summed E-state index contributed by atoms with van der Waals surface area (Å²) < 4.78 is 5.49. The van der Waals surface area contributed by atoms with Gasteiger partial charge in [-0.15, -0.1) is 0 Å². The summed E-state index contributed by atoms with van der Waals surface area (Å²) in [5, 5.41) is 10.8. The minimum atomic E-state index is -0.436. The molecule has 0 saturated heterocycles. The zero-order valence-corrected chi connectivity index (χ0v) is 12.9. The van der Waals surface area contributed by atoms with Crippen LogP contribution in [0, 0.1) is 17.0 Å². The van der Waals surface area contributed by atoms with Crippen LogP contribution in [0.15, 0.2) is 36.4 Å². The van der Waals surface area contributed by atoms with Crippen molar-refractivity contribution in [1.29, 1.82) is 0 Å². The second kappa shape index (κ2) is 6.20. The predicted molar refractivity (Wildman–Crippen MR) is 86.1 cm³/mol. The van der Waals surface area contributed by atoms with Crippen molar-refractivity contribution in [2.75, 3.05) is 6.61 Å². The molecule has 0 heterocycles. The first-order valence-electron chi connectivity index (χ1n) is 7.57. The average molecular weight is 311 g/mol. The van der Waals surface area contributed by atoms with Gasteiger partial charge in [0.2, 0.25) is 0 Å². The van der Waals surface area contributed by atoms with Crippen LogP contribution in [0.4, 0.5) is 5.69 Å². The van der Waals surface area contributed by atoms with Crippen molar-refractivity contribution in [3.05, 3.63) is 68.8 Å². The SMILES string of the molecule is Cc1cc(OCC(=O)c2ccc3c(c2)CCC3)ccc1[N+](=O)[O-]. The van der Waals surface area contributed by atoms with E-state index < -0.39 is 4.92 Å². The van der Waals surface area contributed by atoms with Crippen LogP contribution in [0.5, 0.6) is 5.75 Å². The highest BCUT2D eigenvalue weighted by atomic mass is 16.6. The number of fused-ring (bicyclic) bond motifs is 1. The number of ketones is 1. The molecule has 0 fully saturated rings. The van der Waals surface area contributed by atoms with E-state index in [4.69, 9.17) is 4.74 Å². The molecular weight excluding hydrogens is 294 g/mol. The number of benzene rings is 2. The van der Waals surface area contributed by atoms with E-state index in [9.17, 15) is 14.9 Å². The van der Waals surface area contributed by atoms with Crippen molar-refractivity contribution in [2.24, 2.45) is 0 Å². The molecule has 2 aromatic carbocycles. The van der Waals surface area contributed by atoms with Crippen molar-refractivity contribution in [2.45, 2.75) is 26.2 Å². The Balaban J connectivity index is 1.67. The Bertz CT molecular complexity index is 783. The molecule has 0 amide bonds. The van der Waals surface area contributed by atoms with Gasteiger partial charge in [0.1, 0.15) is 5.75 Å². The number of carbonyl (C=O) groups is 1. The molecule has 0 aromatic heterocycles. The molecule has 0 radical (unpaired) electrons. The predicted octanol–water partition coefficient (Wildman–Crippen LogP) is 3.65. The summed E-state index contributed by atoms with van der Waals surface area (Å²) in [5.41, 5.74) is 3.79. The zero-order chi connectivity index (χ0) is 16.4. The maximum Gasteiger partial charge on any atom is 0.272 e. The number of nitrogens with zero attached hydrogens (tertiary/aromatic N) is 1. The van der Waals surface area contributed by atoms with Crippen LogP contribution < -0.4 is 4.74 Å². The van der Waals surface area contributed by atoms with E-state index in [-0.39, 0.29) is 18.1 Å². The average Bonchev–Trinajstić information content (AvgIpc) is 2.99. The van der Waals surface area contributed by atoms with Gasteiger partial charge >= 0.3 is 0 Å². The van der Waals surface area contributed by atoms with Gasteiger partial charge in [-0.05, 0) is 55.5 Å². The lowest BCUT2D eigenvalue weighted by atomic mass is 10.0. The Labute approximate surface area is 134 Å². The molecular formula is C18H17NO4. The third-order valence-electron chi connectivity index (χ3n) is 4.16. The van der Waals surface area contributed by atoms with E-state index in [1.807, 2.05) is 18.2 Å². The largest absolute Gasteiger partial charge is 0.485 e. The van der Waals surface area contributed by atoms with Crippen LogP contribution in [-0.4, -0.2) is 17.3 Å². The topological polar surface area (TPSA) is 69.4 Å². The second-order valence-corrected chi connectivity index (χ2v) is 5.75. The van der Waals surface area contributed by atoms with Crippen molar-refractivity contribution in [3.8, 4) is 5.75 Å². The van der Waals surface area contributed by atoms with Gasteiger partial charge in [0.15, 0.2) is 12.4 Å². The smallest absolute Gasteiger partial charge is 0.272 e. The van der Waals surface area contributed by atoms with Crippen LogP contribution in [0.2, 0.25) is 0 Å². The van der Waals surface area contributed by atoms with Crippen molar-refractivity contribution in [1.82, 2.24) is 0 Å². The first kappa shape index (κ1) is 15.2. The van der Waals surface area contributed by atoms with Gasteiger partial charge in [-0.2, -0.15) is 0 Å². The van der Waals surface area contributed by atoms with Crippen LogP contribution in [0.1, 0.15) is 33.5 Å². The highest BCUT2D eigenvalue weighted by Crippen LogP contribution is 2.24. The number of aryl methyl sites for hydroxylation is 3. The fraction of sp³-hybridized carbons (Fsp3) is 0.278. The molecule has 0 spiro atoms. The Kier molecular flexibility index (Phi) is 4.10. The van der Waals surface area contributed by atoms with E-state index in [1.54, 1.807) is 13.0 Å². The number of carbonyl (C=O) groups excluding carboxylic acids is 1. The van der Waals surface area contributed by atoms with Gasteiger partial charge in [-0.1, -0.05) is 12.1 Å². The molecule has 1 aliphatic carbocycles. The minimum Gasteiger partial charge on any atom is -0.485 e.